The standard InChI is InChI=1S/C12H10ClF2N3O2S/c1-18(10(19)9-16-17-11(13)21-9)6-7-2-4-8(5-3-7)20-12(14)15/h2-5,12H,6H2,1H3. The first-order chi connectivity index (χ1) is 9.95. The second kappa shape index (κ2) is 6.77. The summed E-state index contributed by atoms with van der Waals surface area (Å²) in [5.74, 6) is -0.244. The van der Waals surface area contributed by atoms with Gasteiger partial charge in [0, 0.05) is 13.6 Å². The summed E-state index contributed by atoms with van der Waals surface area (Å²) >= 11 is 6.62. The van der Waals surface area contributed by atoms with Crippen molar-refractivity contribution in [1.82, 2.24) is 15.1 Å². The first kappa shape index (κ1) is 15.6. The molecule has 0 bridgehead atoms. The molecule has 0 N–H and O–H groups in total. The zero-order valence-electron chi connectivity index (χ0n) is 10.8. The van der Waals surface area contributed by atoms with Crippen LogP contribution in [0.2, 0.25) is 4.47 Å². The second-order valence-corrected chi connectivity index (χ2v) is 5.60. The van der Waals surface area contributed by atoms with E-state index < -0.39 is 6.61 Å². The van der Waals surface area contributed by atoms with E-state index in [-0.39, 0.29) is 21.1 Å². The Morgan fingerprint density at radius 2 is 2.05 bits per heavy atom. The normalized spacial score (nSPS) is 10.7. The van der Waals surface area contributed by atoms with Crippen molar-refractivity contribution in [3.05, 3.63) is 39.3 Å². The molecule has 1 aromatic heterocycles. The Balaban J connectivity index is 1.99. The SMILES string of the molecule is CN(Cc1ccc(OC(F)F)cc1)C(=O)c1nnc(Cl)s1. The molecule has 0 unspecified atom stereocenters. The van der Waals surface area contributed by atoms with Crippen LogP contribution in [0, 0.1) is 0 Å². The number of halogens is 3. The molecule has 0 aliphatic rings. The van der Waals surface area contributed by atoms with Gasteiger partial charge in [-0.3, -0.25) is 4.79 Å². The number of amides is 1. The maximum atomic E-state index is 12.0. The fraction of sp³-hybridized carbons (Fsp3) is 0.250. The Kier molecular flexibility index (Phi) is 5.03. The number of hydrogen-bond acceptors (Lipinski definition) is 5. The lowest BCUT2D eigenvalue weighted by Crippen LogP contribution is -2.26. The smallest absolute Gasteiger partial charge is 0.387 e. The van der Waals surface area contributed by atoms with E-state index in [9.17, 15) is 13.6 Å². The van der Waals surface area contributed by atoms with Crippen LogP contribution in [0.5, 0.6) is 5.75 Å². The van der Waals surface area contributed by atoms with Gasteiger partial charge >= 0.3 is 6.61 Å². The largest absolute Gasteiger partial charge is 0.435 e. The highest BCUT2D eigenvalue weighted by Gasteiger charge is 2.17. The number of aromatic nitrogens is 2. The van der Waals surface area contributed by atoms with Gasteiger partial charge in [-0.1, -0.05) is 23.5 Å². The van der Waals surface area contributed by atoms with Crippen LogP contribution in [0.25, 0.3) is 0 Å². The Bertz CT molecular complexity index is 621. The first-order valence-electron chi connectivity index (χ1n) is 5.74. The number of carbonyl (C=O) groups is 1. The molecule has 0 atom stereocenters. The monoisotopic (exact) mass is 333 g/mol. The number of ether oxygens (including phenoxy) is 1. The number of carbonyl (C=O) groups excluding carboxylic acids is 1. The molecule has 0 saturated heterocycles. The van der Waals surface area contributed by atoms with Crippen LogP contribution in [0.3, 0.4) is 0 Å². The van der Waals surface area contributed by atoms with Gasteiger partial charge in [-0.2, -0.15) is 8.78 Å². The van der Waals surface area contributed by atoms with Crippen molar-refractivity contribution in [1.29, 1.82) is 0 Å². The van der Waals surface area contributed by atoms with E-state index in [0.717, 1.165) is 16.9 Å². The fourth-order valence-corrected chi connectivity index (χ4v) is 2.40. The summed E-state index contributed by atoms with van der Waals surface area (Å²) in [5, 5.41) is 7.43. The highest BCUT2D eigenvalue weighted by atomic mass is 35.5. The molecule has 0 radical (unpaired) electrons. The molecule has 0 fully saturated rings. The summed E-state index contributed by atoms with van der Waals surface area (Å²) in [6.45, 7) is -2.56. The minimum atomic E-state index is -2.86. The molecular weight excluding hydrogens is 324 g/mol. The number of nitrogens with zero attached hydrogens (tertiary/aromatic N) is 3. The maximum absolute atomic E-state index is 12.0. The molecule has 0 aliphatic carbocycles. The predicted octanol–water partition coefficient (Wildman–Crippen LogP) is 3.07. The molecule has 1 heterocycles. The van der Waals surface area contributed by atoms with Crippen LogP contribution in [0.1, 0.15) is 15.4 Å². The first-order valence-corrected chi connectivity index (χ1v) is 6.93. The van der Waals surface area contributed by atoms with Gasteiger partial charge in [0.1, 0.15) is 5.75 Å². The van der Waals surface area contributed by atoms with Crippen LogP contribution in [0.15, 0.2) is 24.3 Å². The summed E-state index contributed by atoms with van der Waals surface area (Å²) in [6, 6.07) is 6.05. The number of benzene rings is 1. The maximum Gasteiger partial charge on any atom is 0.387 e. The molecule has 9 heteroatoms. The number of hydrogen-bond donors (Lipinski definition) is 0. The molecule has 112 valence electrons. The molecule has 1 aromatic carbocycles. The van der Waals surface area contributed by atoms with Crippen molar-refractivity contribution >= 4 is 28.8 Å². The summed E-state index contributed by atoms with van der Waals surface area (Å²) < 4.78 is 28.5. The van der Waals surface area contributed by atoms with Crippen molar-refractivity contribution in [3.8, 4) is 5.75 Å². The van der Waals surface area contributed by atoms with Crippen LogP contribution in [0.4, 0.5) is 8.78 Å². The molecule has 2 aromatic rings. The van der Waals surface area contributed by atoms with Gasteiger partial charge in [-0.05, 0) is 29.3 Å². The van der Waals surface area contributed by atoms with Gasteiger partial charge in [-0.25, -0.2) is 0 Å². The lowest BCUT2D eigenvalue weighted by molar-refractivity contribution is -0.0498. The highest BCUT2D eigenvalue weighted by Crippen LogP contribution is 2.18. The van der Waals surface area contributed by atoms with Crippen LogP contribution in [-0.2, 0) is 6.54 Å². The van der Waals surface area contributed by atoms with Crippen molar-refractivity contribution in [2.24, 2.45) is 0 Å². The van der Waals surface area contributed by atoms with Gasteiger partial charge in [0.15, 0.2) is 0 Å². The van der Waals surface area contributed by atoms with E-state index >= 15 is 0 Å². The summed E-state index contributed by atoms with van der Waals surface area (Å²) in [7, 11) is 1.60. The molecule has 2 rings (SSSR count). The molecule has 0 aliphatic heterocycles. The van der Waals surface area contributed by atoms with Crippen molar-refractivity contribution < 1.29 is 18.3 Å². The number of rotatable bonds is 5. The van der Waals surface area contributed by atoms with E-state index in [4.69, 9.17) is 11.6 Å². The highest BCUT2D eigenvalue weighted by molar-refractivity contribution is 7.17. The van der Waals surface area contributed by atoms with Gasteiger partial charge in [0.25, 0.3) is 5.91 Å². The Labute approximate surface area is 128 Å². The lowest BCUT2D eigenvalue weighted by Gasteiger charge is -2.15. The summed E-state index contributed by atoms with van der Waals surface area (Å²) in [4.78, 5) is 13.5. The lowest BCUT2D eigenvalue weighted by atomic mass is 10.2. The molecule has 0 spiro atoms. The molecule has 5 nitrogen and oxygen atoms in total. The van der Waals surface area contributed by atoms with Crippen molar-refractivity contribution in [3.63, 3.8) is 0 Å². The zero-order valence-corrected chi connectivity index (χ0v) is 12.4. The summed E-state index contributed by atoms with van der Waals surface area (Å²) in [5.41, 5.74) is 0.767. The third-order valence-corrected chi connectivity index (χ3v) is 3.51. The third kappa shape index (κ3) is 4.33. The fourth-order valence-electron chi connectivity index (χ4n) is 1.58. The van der Waals surface area contributed by atoms with Crippen molar-refractivity contribution in [2.75, 3.05) is 7.05 Å². The third-order valence-electron chi connectivity index (χ3n) is 2.50. The van der Waals surface area contributed by atoms with Gasteiger partial charge in [0.05, 0.1) is 0 Å². The van der Waals surface area contributed by atoms with Crippen LogP contribution >= 0.6 is 22.9 Å². The van der Waals surface area contributed by atoms with E-state index in [1.165, 1.54) is 17.0 Å². The minimum Gasteiger partial charge on any atom is -0.435 e. The molecule has 21 heavy (non-hydrogen) atoms. The van der Waals surface area contributed by atoms with Gasteiger partial charge in [0.2, 0.25) is 9.47 Å². The topological polar surface area (TPSA) is 55.3 Å². The van der Waals surface area contributed by atoms with E-state index in [1.54, 1.807) is 19.2 Å². The second-order valence-electron chi connectivity index (χ2n) is 4.04. The Hall–Kier alpha value is -1.80. The van der Waals surface area contributed by atoms with Crippen molar-refractivity contribution in [2.45, 2.75) is 13.2 Å². The predicted molar refractivity (Wildman–Crippen MR) is 73.8 cm³/mol. The Morgan fingerprint density at radius 1 is 1.38 bits per heavy atom. The zero-order chi connectivity index (χ0) is 15.4. The van der Waals surface area contributed by atoms with Crippen LogP contribution < -0.4 is 4.74 Å². The van der Waals surface area contributed by atoms with E-state index in [0.29, 0.717) is 6.54 Å². The van der Waals surface area contributed by atoms with Gasteiger partial charge in [-0.15, -0.1) is 10.2 Å². The van der Waals surface area contributed by atoms with E-state index in [2.05, 4.69) is 14.9 Å². The molecule has 1 amide bonds. The Morgan fingerprint density at radius 3 is 2.57 bits per heavy atom. The summed E-state index contributed by atoms with van der Waals surface area (Å²) in [6.07, 6.45) is 0. The quantitative estimate of drug-likeness (QED) is 0.844. The minimum absolute atomic E-state index is 0.0682. The molecule has 0 saturated carbocycles. The van der Waals surface area contributed by atoms with E-state index in [1.807, 2.05) is 0 Å². The average molecular weight is 334 g/mol. The average Bonchev–Trinajstić information content (AvgIpc) is 2.86. The number of alkyl halides is 2. The molecular formula is C12H10ClF2N3O2S. The van der Waals surface area contributed by atoms with Crippen LogP contribution in [-0.4, -0.2) is 34.7 Å². The van der Waals surface area contributed by atoms with Gasteiger partial charge < -0.3 is 9.64 Å².